The molecule has 1 aliphatic heterocycles. The fraction of sp³-hybridized carbons (Fsp3) is 0.107. The van der Waals surface area contributed by atoms with Gasteiger partial charge in [-0.1, -0.05) is 96.5 Å². The van der Waals surface area contributed by atoms with E-state index in [1.807, 2.05) is 78.9 Å². The normalized spacial score (nSPS) is 17.3. The van der Waals surface area contributed by atoms with Crippen LogP contribution in [0.5, 0.6) is 0 Å². The minimum absolute atomic E-state index is 0.240. The van der Waals surface area contributed by atoms with E-state index < -0.39 is 5.66 Å². The molecule has 0 bridgehead atoms. The third-order valence-electron chi connectivity index (χ3n) is 6.10. The fourth-order valence-electron chi connectivity index (χ4n) is 4.80. The minimum Gasteiger partial charge on any atom is -0.356 e. The van der Waals surface area contributed by atoms with Gasteiger partial charge in [-0.05, 0) is 35.4 Å². The van der Waals surface area contributed by atoms with E-state index in [0.29, 0.717) is 10.6 Å². The molecule has 0 spiro atoms. The number of benzene rings is 4. The molecule has 0 aliphatic carbocycles. The summed E-state index contributed by atoms with van der Waals surface area (Å²) < 4.78 is 0. The number of para-hydroxylation sites is 1. The van der Waals surface area contributed by atoms with Crippen LogP contribution in [-0.2, 0) is 10.5 Å². The molecule has 164 valence electrons. The van der Waals surface area contributed by atoms with Crippen LogP contribution in [0.1, 0.15) is 33.0 Å². The molecule has 0 fully saturated rings. The quantitative estimate of drug-likeness (QED) is 0.363. The Hall–Kier alpha value is -3.60. The van der Waals surface area contributed by atoms with Crippen LogP contribution in [0.3, 0.4) is 0 Å². The molecule has 0 saturated carbocycles. The summed E-state index contributed by atoms with van der Waals surface area (Å²) >= 11 is 6.31. The van der Waals surface area contributed by atoms with E-state index in [9.17, 15) is 4.79 Å². The highest BCUT2D eigenvalue weighted by molar-refractivity contribution is 6.31. The average Bonchev–Trinajstić information content (AvgIpc) is 3.08. The molecule has 33 heavy (non-hydrogen) atoms. The van der Waals surface area contributed by atoms with Gasteiger partial charge in [0.1, 0.15) is 0 Å². The molecule has 4 aromatic rings. The molecular weight excluding hydrogens is 432 g/mol. The standard InChI is InChI=1S/C28H23ClN2O2/c1-33-31-27(32)24-19-22(29)17-18-25(24)28(31,30-23-15-9-4-10-16-23)26(20-11-5-2-6-12-20)21-13-7-3-8-14-21/h2-19,26,30H,1H3. The number of nitrogens with one attached hydrogen (secondary N) is 1. The van der Waals surface area contributed by atoms with E-state index in [4.69, 9.17) is 16.4 Å². The molecule has 4 nitrogen and oxygen atoms in total. The van der Waals surface area contributed by atoms with Gasteiger partial charge < -0.3 is 5.32 Å². The third kappa shape index (κ3) is 3.58. The number of carbonyl (C=O) groups is 1. The van der Waals surface area contributed by atoms with Gasteiger partial charge in [-0.3, -0.25) is 9.63 Å². The molecule has 1 unspecified atom stereocenters. The summed E-state index contributed by atoms with van der Waals surface area (Å²) in [5, 5.41) is 5.65. The first-order valence-corrected chi connectivity index (χ1v) is 11.1. The summed E-state index contributed by atoms with van der Waals surface area (Å²) in [7, 11) is 1.53. The smallest absolute Gasteiger partial charge is 0.280 e. The van der Waals surface area contributed by atoms with Crippen LogP contribution in [0.15, 0.2) is 109 Å². The monoisotopic (exact) mass is 454 g/mol. The van der Waals surface area contributed by atoms with Crippen molar-refractivity contribution < 1.29 is 9.63 Å². The van der Waals surface area contributed by atoms with Gasteiger partial charge in [-0.25, -0.2) is 0 Å². The molecule has 1 atom stereocenters. The Morgan fingerprint density at radius 3 is 1.91 bits per heavy atom. The lowest BCUT2D eigenvalue weighted by Crippen LogP contribution is -2.53. The number of hydrogen-bond donors (Lipinski definition) is 1. The number of hydrogen-bond acceptors (Lipinski definition) is 3. The van der Waals surface area contributed by atoms with Crippen molar-refractivity contribution in [1.82, 2.24) is 5.06 Å². The first-order valence-electron chi connectivity index (χ1n) is 10.8. The Morgan fingerprint density at radius 1 is 0.818 bits per heavy atom. The van der Waals surface area contributed by atoms with Crippen molar-refractivity contribution in [2.45, 2.75) is 11.6 Å². The second-order valence-electron chi connectivity index (χ2n) is 7.98. The molecule has 1 heterocycles. The van der Waals surface area contributed by atoms with Crippen molar-refractivity contribution in [3.8, 4) is 0 Å². The summed E-state index contributed by atoms with van der Waals surface area (Å²) in [4.78, 5) is 19.5. The molecule has 1 aliphatic rings. The Kier molecular flexibility index (Phi) is 5.63. The summed E-state index contributed by atoms with van der Waals surface area (Å²) in [6.45, 7) is 0. The Bertz CT molecular complexity index is 1230. The lowest BCUT2D eigenvalue weighted by Gasteiger charge is -2.45. The molecule has 1 amide bonds. The number of anilines is 1. The van der Waals surface area contributed by atoms with Gasteiger partial charge in [0.15, 0.2) is 5.66 Å². The van der Waals surface area contributed by atoms with Gasteiger partial charge in [0.2, 0.25) is 0 Å². The molecule has 0 radical (unpaired) electrons. The predicted octanol–water partition coefficient (Wildman–Crippen LogP) is 6.45. The van der Waals surface area contributed by atoms with E-state index in [-0.39, 0.29) is 11.8 Å². The van der Waals surface area contributed by atoms with Crippen molar-refractivity contribution in [1.29, 1.82) is 0 Å². The number of hydroxylamine groups is 2. The molecule has 0 aromatic heterocycles. The Labute approximate surface area is 198 Å². The van der Waals surface area contributed by atoms with Crippen molar-refractivity contribution in [3.05, 3.63) is 136 Å². The molecule has 4 aromatic carbocycles. The van der Waals surface area contributed by atoms with Gasteiger partial charge in [0, 0.05) is 16.3 Å². The zero-order chi connectivity index (χ0) is 22.8. The van der Waals surface area contributed by atoms with Gasteiger partial charge >= 0.3 is 0 Å². The summed E-state index contributed by atoms with van der Waals surface area (Å²) in [5.41, 5.74) is 3.22. The SMILES string of the molecule is CON1C(=O)c2cc(Cl)ccc2C1(Nc1ccccc1)C(c1ccccc1)c1ccccc1. The first-order chi connectivity index (χ1) is 16.1. The van der Waals surface area contributed by atoms with Crippen LogP contribution in [0.4, 0.5) is 5.69 Å². The zero-order valence-corrected chi connectivity index (χ0v) is 18.9. The van der Waals surface area contributed by atoms with E-state index in [2.05, 4.69) is 29.6 Å². The van der Waals surface area contributed by atoms with Crippen molar-refractivity contribution in [3.63, 3.8) is 0 Å². The Balaban J connectivity index is 1.85. The maximum atomic E-state index is 13.7. The number of amides is 1. The topological polar surface area (TPSA) is 41.6 Å². The lowest BCUT2D eigenvalue weighted by atomic mass is 9.76. The molecule has 5 heteroatoms. The highest BCUT2D eigenvalue weighted by Crippen LogP contribution is 2.51. The van der Waals surface area contributed by atoms with Crippen LogP contribution in [0, 0.1) is 0 Å². The molecular formula is C28H23ClN2O2. The number of rotatable bonds is 6. The fourth-order valence-corrected chi connectivity index (χ4v) is 4.97. The van der Waals surface area contributed by atoms with Gasteiger partial charge in [-0.2, -0.15) is 5.06 Å². The highest BCUT2D eigenvalue weighted by Gasteiger charge is 2.56. The van der Waals surface area contributed by atoms with Crippen LogP contribution in [0.25, 0.3) is 0 Å². The van der Waals surface area contributed by atoms with Crippen molar-refractivity contribution >= 4 is 23.2 Å². The molecule has 0 saturated heterocycles. The van der Waals surface area contributed by atoms with Gasteiger partial charge in [0.25, 0.3) is 5.91 Å². The average molecular weight is 455 g/mol. The number of halogens is 1. The van der Waals surface area contributed by atoms with Crippen LogP contribution in [-0.4, -0.2) is 18.1 Å². The second-order valence-corrected chi connectivity index (χ2v) is 8.42. The van der Waals surface area contributed by atoms with Crippen LogP contribution < -0.4 is 5.32 Å². The first kappa shape index (κ1) is 21.3. The summed E-state index contributed by atoms with van der Waals surface area (Å²) in [6, 6.07) is 35.7. The van der Waals surface area contributed by atoms with Crippen LogP contribution >= 0.6 is 11.6 Å². The Morgan fingerprint density at radius 2 is 1.36 bits per heavy atom. The van der Waals surface area contributed by atoms with Crippen molar-refractivity contribution in [2.24, 2.45) is 0 Å². The molecule has 5 rings (SSSR count). The zero-order valence-electron chi connectivity index (χ0n) is 18.1. The third-order valence-corrected chi connectivity index (χ3v) is 6.34. The molecule has 1 N–H and O–H groups in total. The van der Waals surface area contributed by atoms with E-state index >= 15 is 0 Å². The second kappa shape index (κ2) is 8.74. The van der Waals surface area contributed by atoms with E-state index in [1.165, 1.54) is 12.2 Å². The summed E-state index contributed by atoms with van der Waals surface area (Å²) in [5.74, 6) is -0.526. The number of nitrogens with zero attached hydrogens (tertiary/aromatic N) is 1. The largest absolute Gasteiger partial charge is 0.356 e. The maximum absolute atomic E-state index is 13.7. The maximum Gasteiger partial charge on any atom is 0.280 e. The lowest BCUT2D eigenvalue weighted by molar-refractivity contribution is -0.155. The van der Waals surface area contributed by atoms with Crippen molar-refractivity contribution in [2.75, 3.05) is 12.4 Å². The van der Waals surface area contributed by atoms with Crippen LogP contribution in [0.2, 0.25) is 5.02 Å². The predicted molar refractivity (Wildman–Crippen MR) is 131 cm³/mol. The highest BCUT2D eigenvalue weighted by atomic mass is 35.5. The summed E-state index contributed by atoms with van der Waals surface area (Å²) in [6.07, 6.45) is 0. The van der Waals surface area contributed by atoms with E-state index in [0.717, 1.165) is 22.4 Å². The van der Waals surface area contributed by atoms with Gasteiger partial charge in [-0.15, -0.1) is 0 Å². The van der Waals surface area contributed by atoms with E-state index in [1.54, 1.807) is 6.07 Å². The number of fused-ring (bicyclic) bond motifs is 1. The number of carbonyl (C=O) groups excluding carboxylic acids is 1. The van der Waals surface area contributed by atoms with Gasteiger partial charge in [0.05, 0.1) is 18.6 Å². The minimum atomic E-state index is -1.06.